The lowest BCUT2D eigenvalue weighted by Gasteiger charge is -2.19. The lowest BCUT2D eigenvalue weighted by molar-refractivity contribution is -0.123. The van der Waals surface area contributed by atoms with Crippen LogP contribution in [0.25, 0.3) is 21.2 Å². The Balaban J connectivity index is 1.68. The molecule has 0 unspecified atom stereocenters. The van der Waals surface area contributed by atoms with E-state index in [-0.39, 0.29) is 36.6 Å². The first-order chi connectivity index (χ1) is 18.8. The molecular weight excluding hydrogens is 516 g/mol. The van der Waals surface area contributed by atoms with E-state index in [1.807, 2.05) is 67.5 Å². The molecule has 0 saturated heterocycles. The molecule has 0 fully saturated rings. The second kappa shape index (κ2) is 14.6. The normalized spacial score (nSPS) is 11.3. The summed E-state index contributed by atoms with van der Waals surface area (Å²) in [5.74, 6) is -0.345. The van der Waals surface area contributed by atoms with Crippen molar-refractivity contribution in [3.8, 4) is 0 Å². The molecule has 1 atom stereocenters. The fourth-order valence-corrected chi connectivity index (χ4v) is 4.04. The number of hydrogen-bond acceptors (Lipinski definition) is 5. The Morgan fingerprint density at radius 3 is 2.41 bits per heavy atom. The first-order valence-electron chi connectivity index (χ1n) is 12.6. The molecule has 0 aliphatic heterocycles. The van der Waals surface area contributed by atoms with E-state index in [0.717, 1.165) is 27.6 Å². The second-order valence-corrected chi connectivity index (χ2v) is 9.54. The molecular formula is C28H33ClN8O2. The van der Waals surface area contributed by atoms with Gasteiger partial charge in [-0.2, -0.15) is 0 Å². The highest BCUT2D eigenvalue weighted by Crippen LogP contribution is 2.22. The minimum Gasteiger partial charge on any atom is -0.378 e. The number of fused-ring (bicyclic) bond motifs is 1. The Morgan fingerprint density at radius 1 is 1.03 bits per heavy atom. The number of nitrogens with zero attached hydrogens (tertiary/aromatic N) is 4. The van der Waals surface area contributed by atoms with Gasteiger partial charge in [-0.05, 0) is 64.5 Å². The molecule has 0 aliphatic rings. The van der Waals surface area contributed by atoms with Gasteiger partial charge in [0.2, 0.25) is 5.91 Å². The number of azide groups is 1. The molecule has 0 radical (unpaired) electrons. The fourth-order valence-electron chi connectivity index (χ4n) is 3.94. The van der Waals surface area contributed by atoms with Gasteiger partial charge in [0.15, 0.2) is 0 Å². The largest absolute Gasteiger partial charge is 0.378 e. The third-order valence-corrected chi connectivity index (χ3v) is 6.44. The molecule has 204 valence electrons. The molecule has 3 aromatic rings. The van der Waals surface area contributed by atoms with E-state index < -0.39 is 6.04 Å². The van der Waals surface area contributed by atoms with Gasteiger partial charge in [-0.15, -0.1) is 11.6 Å². The minimum atomic E-state index is -0.763. The molecule has 39 heavy (non-hydrogen) atoms. The van der Waals surface area contributed by atoms with E-state index in [1.54, 1.807) is 6.07 Å². The van der Waals surface area contributed by atoms with Crippen molar-refractivity contribution in [1.82, 2.24) is 16.0 Å². The predicted octanol–water partition coefficient (Wildman–Crippen LogP) is 4.72. The van der Waals surface area contributed by atoms with Gasteiger partial charge in [0.1, 0.15) is 11.9 Å². The monoisotopic (exact) mass is 548 g/mol. The van der Waals surface area contributed by atoms with Crippen molar-refractivity contribution in [2.45, 2.75) is 32.0 Å². The first kappa shape index (κ1) is 29.3. The molecule has 4 N–H and O–H groups in total. The molecule has 0 heterocycles. The van der Waals surface area contributed by atoms with Crippen molar-refractivity contribution in [1.29, 1.82) is 5.41 Å². The highest BCUT2D eigenvalue weighted by molar-refractivity contribution is 6.27. The molecule has 11 heteroatoms. The number of hydrogen-bond donors (Lipinski definition) is 4. The van der Waals surface area contributed by atoms with E-state index >= 15 is 0 Å². The summed E-state index contributed by atoms with van der Waals surface area (Å²) in [5.41, 5.74) is 11.7. The summed E-state index contributed by atoms with van der Waals surface area (Å²) in [5, 5.41) is 21.8. The lowest BCUT2D eigenvalue weighted by Crippen LogP contribution is -2.46. The van der Waals surface area contributed by atoms with Gasteiger partial charge in [-0.3, -0.25) is 15.0 Å². The zero-order chi connectivity index (χ0) is 28.2. The average molecular weight is 549 g/mol. The molecule has 0 spiro atoms. The molecule has 0 aliphatic carbocycles. The van der Waals surface area contributed by atoms with E-state index in [1.165, 1.54) is 0 Å². The van der Waals surface area contributed by atoms with E-state index in [4.69, 9.17) is 22.5 Å². The van der Waals surface area contributed by atoms with Crippen LogP contribution >= 0.6 is 11.6 Å². The van der Waals surface area contributed by atoms with Crippen LogP contribution in [0.15, 0.2) is 65.8 Å². The fraction of sp³-hybridized carbons (Fsp3) is 0.321. The standard InChI is InChI=1S/C28H33ClN8O2/c1-37(2)24-12-11-21-14-23(10-9-22(21)15-24)27(38)35-25(4-3-13-32-26(30)16-29)28(39)33-17-19-5-7-20(8-6-19)18-34-36-31/h5-12,14-15,25H,3-4,13,16-18H2,1-2H3,(H2,30,32)(H,33,39)(H,35,38)/t25-/m0/s1. The SMILES string of the molecule is CN(C)c1ccc2cc(C(=O)N[C@@H](CCCNC(=N)CCl)C(=O)NCc3ccc(CN=[N+]=[N-])cc3)ccc2c1. The summed E-state index contributed by atoms with van der Waals surface area (Å²) in [6.07, 6.45) is 0.932. The van der Waals surface area contributed by atoms with E-state index in [9.17, 15) is 9.59 Å². The summed E-state index contributed by atoms with van der Waals surface area (Å²) < 4.78 is 0. The smallest absolute Gasteiger partial charge is 0.251 e. The van der Waals surface area contributed by atoms with Crippen LogP contribution in [0.5, 0.6) is 0 Å². The molecule has 0 bridgehead atoms. The van der Waals surface area contributed by atoms with Crippen LogP contribution in [-0.4, -0.2) is 50.2 Å². The van der Waals surface area contributed by atoms with Crippen molar-refractivity contribution in [2.75, 3.05) is 31.4 Å². The number of alkyl halides is 1. The van der Waals surface area contributed by atoms with Gasteiger partial charge >= 0.3 is 0 Å². The van der Waals surface area contributed by atoms with Crippen LogP contribution in [0, 0.1) is 5.41 Å². The molecule has 3 rings (SSSR count). The van der Waals surface area contributed by atoms with Crippen molar-refractivity contribution >= 4 is 45.7 Å². The van der Waals surface area contributed by atoms with Gasteiger partial charge in [-0.1, -0.05) is 41.5 Å². The topological polar surface area (TPSA) is 146 Å². The van der Waals surface area contributed by atoms with Crippen LogP contribution in [0.3, 0.4) is 0 Å². The van der Waals surface area contributed by atoms with Gasteiger partial charge in [0.25, 0.3) is 5.91 Å². The number of amidine groups is 1. The third kappa shape index (κ3) is 8.91. The first-order valence-corrected chi connectivity index (χ1v) is 13.1. The highest BCUT2D eigenvalue weighted by Gasteiger charge is 2.21. The van der Waals surface area contributed by atoms with Crippen LogP contribution < -0.4 is 20.9 Å². The molecule has 3 aromatic carbocycles. The zero-order valence-electron chi connectivity index (χ0n) is 22.1. The van der Waals surface area contributed by atoms with Crippen molar-refractivity contribution in [3.05, 3.63) is 87.8 Å². The zero-order valence-corrected chi connectivity index (χ0v) is 22.8. The Bertz CT molecular complexity index is 1350. The average Bonchev–Trinajstić information content (AvgIpc) is 2.95. The summed E-state index contributed by atoms with van der Waals surface area (Å²) >= 11 is 5.65. The molecule has 0 saturated carbocycles. The Morgan fingerprint density at radius 2 is 1.72 bits per heavy atom. The van der Waals surface area contributed by atoms with Crippen LogP contribution in [0.1, 0.15) is 34.3 Å². The van der Waals surface area contributed by atoms with Crippen LogP contribution in [-0.2, 0) is 17.9 Å². The lowest BCUT2D eigenvalue weighted by atomic mass is 10.0. The van der Waals surface area contributed by atoms with Gasteiger partial charge in [-0.25, -0.2) is 0 Å². The number of anilines is 1. The molecule has 0 aromatic heterocycles. The predicted molar refractivity (Wildman–Crippen MR) is 156 cm³/mol. The number of carbonyl (C=O) groups is 2. The molecule has 2 amide bonds. The number of amides is 2. The maximum absolute atomic E-state index is 13.2. The van der Waals surface area contributed by atoms with E-state index in [2.05, 4.69) is 32.0 Å². The minimum absolute atomic E-state index is 0.0836. The van der Waals surface area contributed by atoms with Gasteiger partial charge < -0.3 is 20.9 Å². The van der Waals surface area contributed by atoms with Gasteiger partial charge in [0, 0.05) is 43.3 Å². The number of benzene rings is 3. The quantitative estimate of drug-likeness (QED) is 0.0465. The summed E-state index contributed by atoms with van der Waals surface area (Å²) in [6, 6.07) is 18.1. The Hall–Kier alpha value is -4.27. The van der Waals surface area contributed by atoms with Crippen molar-refractivity contribution in [2.24, 2.45) is 5.11 Å². The van der Waals surface area contributed by atoms with E-state index in [0.29, 0.717) is 24.9 Å². The van der Waals surface area contributed by atoms with Crippen LogP contribution in [0.2, 0.25) is 0 Å². The summed E-state index contributed by atoms with van der Waals surface area (Å²) in [4.78, 5) is 31.1. The maximum atomic E-state index is 13.2. The van der Waals surface area contributed by atoms with Crippen LogP contribution in [0.4, 0.5) is 5.69 Å². The highest BCUT2D eigenvalue weighted by atomic mass is 35.5. The number of carbonyl (C=O) groups excluding carboxylic acids is 2. The Labute approximate surface area is 232 Å². The Kier molecular flexibility index (Phi) is 11.0. The number of rotatable bonds is 13. The third-order valence-electron chi connectivity index (χ3n) is 6.17. The van der Waals surface area contributed by atoms with Crippen molar-refractivity contribution in [3.63, 3.8) is 0 Å². The maximum Gasteiger partial charge on any atom is 0.251 e. The molecule has 10 nitrogen and oxygen atoms in total. The van der Waals surface area contributed by atoms with Gasteiger partial charge in [0.05, 0.1) is 12.4 Å². The summed E-state index contributed by atoms with van der Waals surface area (Å²) in [6.45, 7) is 1.01. The second-order valence-electron chi connectivity index (χ2n) is 9.27. The summed E-state index contributed by atoms with van der Waals surface area (Å²) in [7, 11) is 3.95. The number of halogens is 1. The van der Waals surface area contributed by atoms with Crippen molar-refractivity contribution < 1.29 is 9.59 Å². The number of nitrogens with one attached hydrogen (secondary N) is 4.